The van der Waals surface area contributed by atoms with E-state index in [2.05, 4.69) is 20.4 Å². The van der Waals surface area contributed by atoms with Crippen molar-refractivity contribution in [3.63, 3.8) is 0 Å². The number of carbonyl (C=O) groups is 1. The molecule has 0 spiro atoms. The molecule has 0 unspecified atom stereocenters. The number of pyridine rings is 1. The predicted octanol–water partition coefficient (Wildman–Crippen LogP) is 2.56. The lowest BCUT2D eigenvalue weighted by molar-refractivity contribution is 0.0794. The summed E-state index contributed by atoms with van der Waals surface area (Å²) in [4.78, 5) is 20.2. The average molecular weight is 345 g/mol. The fourth-order valence-electron chi connectivity index (χ4n) is 2.07. The third kappa shape index (κ3) is 4.14. The van der Waals surface area contributed by atoms with Crippen LogP contribution >= 0.6 is 0 Å². The molecular formula is C16H13F2N5O2. The smallest absolute Gasteiger partial charge is 0.274 e. The monoisotopic (exact) mass is 345 g/mol. The van der Waals surface area contributed by atoms with Crippen molar-refractivity contribution in [3.8, 4) is 11.6 Å². The molecule has 0 aliphatic carbocycles. The summed E-state index contributed by atoms with van der Waals surface area (Å²) >= 11 is 0. The molecule has 0 fully saturated rings. The van der Waals surface area contributed by atoms with Gasteiger partial charge in [0, 0.05) is 6.07 Å². The van der Waals surface area contributed by atoms with Crippen molar-refractivity contribution in [1.29, 1.82) is 0 Å². The number of benzene rings is 1. The van der Waals surface area contributed by atoms with Crippen molar-refractivity contribution < 1.29 is 18.3 Å². The zero-order valence-corrected chi connectivity index (χ0v) is 12.8. The molecule has 0 saturated carbocycles. The largest absolute Gasteiger partial charge is 0.472 e. The lowest BCUT2D eigenvalue weighted by Crippen LogP contribution is -2.16. The van der Waals surface area contributed by atoms with Crippen LogP contribution in [-0.4, -0.2) is 38.7 Å². The number of nitrogens with one attached hydrogen (secondary N) is 1. The first-order chi connectivity index (χ1) is 12.1. The summed E-state index contributed by atoms with van der Waals surface area (Å²) < 4.78 is 30.7. The SMILES string of the molecule is O=C(Nc1ccccc1-n1cncn1)c1cccc(OCC(F)F)n1. The molecule has 7 nitrogen and oxygen atoms in total. The Morgan fingerprint density at radius 3 is 2.80 bits per heavy atom. The minimum atomic E-state index is -2.62. The van der Waals surface area contributed by atoms with Gasteiger partial charge in [0.2, 0.25) is 5.88 Å². The number of rotatable bonds is 6. The maximum absolute atomic E-state index is 12.4. The standard InChI is InChI=1S/C16H13F2N5O2/c17-14(18)8-25-15-7-3-5-12(21-15)16(24)22-11-4-1-2-6-13(11)23-10-19-9-20-23/h1-7,9-10,14H,8H2,(H,22,24). The number of nitrogens with zero attached hydrogens (tertiary/aromatic N) is 4. The van der Waals surface area contributed by atoms with Crippen LogP contribution in [0.1, 0.15) is 10.5 Å². The summed E-state index contributed by atoms with van der Waals surface area (Å²) in [5.74, 6) is -0.549. The highest BCUT2D eigenvalue weighted by molar-refractivity contribution is 6.04. The lowest BCUT2D eigenvalue weighted by atomic mass is 10.2. The molecule has 0 aliphatic rings. The van der Waals surface area contributed by atoms with Crippen LogP contribution in [0.2, 0.25) is 0 Å². The first kappa shape index (κ1) is 16.5. The lowest BCUT2D eigenvalue weighted by Gasteiger charge is -2.11. The summed E-state index contributed by atoms with van der Waals surface area (Å²) in [6.45, 7) is -0.785. The van der Waals surface area contributed by atoms with Gasteiger partial charge >= 0.3 is 0 Å². The van der Waals surface area contributed by atoms with Crippen molar-refractivity contribution in [3.05, 3.63) is 60.8 Å². The van der Waals surface area contributed by atoms with Crippen molar-refractivity contribution in [2.75, 3.05) is 11.9 Å². The molecule has 0 atom stereocenters. The second-order valence-corrected chi connectivity index (χ2v) is 4.87. The summed E-state index contributed by atoms with van der Waals surface area (Å²) in [6, 6.07) is 11.4. The van der Waals surface area contributed by atoms with E-state index in [0.717, 1.165) is 0 Å². The number of para-hydroxylation sites is 2. The Hall–Kier alpha value is -3.36. The zero-order valence-electron chi connectivity index (χ0n) is 12.8. The number of aromatic nitrogens is 4. The van der Waals surface area contributed by atoms with Crippen LogP contribution in [0.15, 0.2) is 55.1 Å². The highest BCUT2D eigenvalue weighted by Crippen LogP contribution is 2.19. The molecule has 128 valence electrons. The van der Waals surface area contributed by atoms with E-state index in [9.17, 15) is 13.6 Å². The van der Waals surface area contributed by atoms with Crippen LogP contribution in [0.25, 0.3) is 5.69 Å². The van der Waals surface area contributed by atoms with E-state index in [-0.39, 0.29) is 11.6 Å². The minimum absolute atomic E-state index is 0.0418. The molecule has 1 amide bonds. The van der Waals surface area contributed by atoms with Crippen molar-refractivity contribution >= 4 is 11.6 Å². The zero-order chi connectivity index (χ0) is 17.6. The van der Waals surface area contributed by atoms with Crippen LogP contribution in [0.5, 0.6) is 5.88 Å². The van der Waals surface area contributed by atoms with Gasteiger partial charge in [-0.15, -0.1) is 0 Å². The molecule has 0 aliphatic heterocycles. The summed E-state index contributed by atoms with van der Waals surface area (Å²) in [7, 11) is 0. The van der Waals surface area contributed by atoms with Gasteiger partial charge in [0.25, 0.3) is 12.3 Å². The van der Waals surface area contributed by atoms with Crippen molar-refractivity contribution in [2.45, 2.75) is 6.43 Å². The number of alkyl halides is 2. The molecule has 2 aromatic heterocycles. The molecule has 25 heavy (non-hydrogen) atoms. The third-order valence-electron chi connectivity index (χ3n) is 3.13. The Labute approximate surface area is 141 Å². The van der Waals surface area contributed by atoms with Gasteiger partial charge in [-0.05, 0) is 18.2 Å². The molecule has 1 N–H and O–H groups in total. The average Bonchev–Trinajstić information content (AvgIpc) is 3.15. The second kappa shape index (κ2) is 7.47. The summed E-state index contributed by atoms with van der Waals surface area (Å²) in [6.07, 6.45) is 0.264. The van der Waals surface area contributed by atoms with Crippen LogP contribution < -0.4 is 10.1 Å². The Bertz CT molecular complexity index is 855. The second-order valence-electron chi connectivity index (χ2n) is 4.87. The Balaban J connectivity index is 1.78. The van der Waals surface area contributed by atoms with Gasteiger partial charge in [-0.25, -0.2) is 23.4 Å². The molecule has 9 heteroatoms. The van der Waals surface area contributed by atoms with E-state index < -0.39 is 18.9 Å². The minimum Gasteiger partial charge on any atom is -0.472 e. The van der Waals surface area contributed by atoms with Crippen molar-refractivity contribution in [2.24, 2.45) is 0 Å². The third-order valence-corrected chi connectivity index (χ3v) is 3.13. The number of hydrogen-bond donors (Lipinski definition) is 1. The van der Waals surface area contributed by atoms with Gasteiger partial charge in [-0.1, -0.05) is 18.2 Å². The van der Waals surface area contributed by atoms with Crippen LogP contribution in [0, 0.1) is 0 Å². The van der Waals surface area contributed by atoms with E-state index in [1.165, 1.54) is 35.5 Å². The molecule has 2 heterocycles. The Morgan fingerprint density at radius 1 is 1.20 bits per heavy atom. The summed E-state index contributed by atoms with van der Waals surface area (Å²) in [5, 5.41) is 6.74. The Morgan fingerprint density at radius 2 is 2.04 bits per heavy atom. The maximum Gasteiger partial charge on any atom is 0.274 e. The number of ether oxygens (including phenoxy) is 1. The number of amides is 1. The molecule has 0 saturated heterocycles. The molecule has 1 aromatic carbocycles. The molecule has 0 bridgehead atoms. The van der Waals surface area contributed by atoms with Gasteiger partial charge in [0.05, 0.1) is 11.4 Å². The van der Waals surface area contributed by atoms with E-state index in [0.29, 0.717) is 11.4 Å². The fraction of sp³-hybridized carbons (Fsp3) is 0.125. The molecule has 0 radical (unpaired) electrons. The topological polar surface area (TPSA) is 81.9 Å². The van der Waals surface area contributed by atoms with Gasteiger partial charge in [0.1, 0.15) is 18.3 Å². The number of hydrogen-bond acceptors (Lipinski definition) is 5. The number of carbonyl (C=O) groups excluding carboxylic acids is 1. The number of halogens is 2. The van der Waals surface area contributed by atoms with E-state index in [1.54, 1.807) is 24.3 Å². The molecular weight excluding hydrogens is 332 g/mol. The number of anilines is 1. The molecule has 3 aromatic rings. The first-order valence-electron chi connectivity index (χ1n) is 7.27. The van der Waals surface area contributed by atoms with E-state index >= 15 is 0 Å². The van der Waals surface area contributed by atoms with Gasteiger partial charge in [-0.3, -0.25) is 4.79 Å². The van der Waals surface area contributed by atoms with Gasteiger partial charge < -0.3 is 10.1 Å². The van der Waals surface area contributed by atoms with Crippen LogP contribution in [0.4, 0.5) is 14.5 Å². The fourth-order valence-corrected chi connectivity index (χ4v) is 2.07. The van der Waals surface area contributed by atoms with Gasteiger partial charge in [-0.2, -0.15) is 5.10 Å². The van der Waals surface area contributed by atoms with Crippen LogP contribution in [-0.2, 0) is 0 Å². The first-order valence-corrected chi connectivity index (χ1v) is 7.27. The van der Waals surface area contributed by atoms with E-state index in [1.807, 2.05) is 0 Å². The quantitative estimate of drug-likeness (QED) is 0.742. The predicted molar refractivity (Wildman–Crippen MR) is 85.0 cm³/mol. The Kier molecular flexibility index (Phi) is 4.93. The maximum atomic E-state index is 12.4. The van der Waals surface area contributed by atoms with E-state index in [4.69, 9.17) is 4.74 Å². The highest BCUT2D eigenvalue weighted by atomic mass is 19.3. The summed E-state index contributed by atoms with van der Waals surface area (Å²) in [5.41, 5.74) is 1.16. The molecule has 3 rings (SSSR count). The highest BCUT2D eigenvalue weighted by Gasteiger charge is 2.13. The van der Waals surface area contributed by atoms with Crippen molar-refractivity contribution in [1.82, 2.24) is 19.7 Å². The normalized spacial score (nSPS) is 10.7. The van der Waals surface area contributed by atoms with Crippen LogP contribution in [0.3, 0.4) is 0 Å². The van der Waals surface area contributed by atoms with Gasteiger partial charge in [0.15, 0.2) is 6.61 Å².